The molecule has 1 aromatic carbocycles. The van der Waals surface area contributed by atoms with E-state index < -0.39 is 0 Å². The molecule has 10 heteroatoms. The van der Waals surface area contributed by atoms with E-state index in [0.29, 0.717) is 36.2 Å². The molecule has 0 aliphatic heterocycles. The summed E-state index contributed by atoms with van der Waals surface area (Å²) in [5.74, 6) is 1.47. The van der Waals surface area contributed by atoms with Crippen molar-refractivity contribution < 1.29 is 18.7 Å². The summed E-state index contributed by atoms with van der Waals surface area (Å²) in [6.07, 6.45) is 10.6. The molecule has 1 saturated carbocycles. The number of rotatable bonds is 12. The number of nitrogens with one attached hydrogen (secondary N) is 2. The maximum absolute atomic E-state index is 13.5. The fourth-order valence-electron chi connectivity index (χ4n) is 5.08. The van der Waals surface area contributed by atoms with Gasteiger partial charge in [0.15, 0.2) is 0 Å². The van der Waals surface area contributed by atoms with E-state index in [9.17, 15) is 9.18 Å². The fraction of sp³-hybridized carbons (Fsp3) is 0.312. The molecule has 3 heterocycles. The highest BCUT2D eigenvalue weighted by molar-refractivity contribution is 5.92. The van der Waals surface area contributed by atoms with Crippen LogP contribution in [0.5, 0.6) is 0 Å². The van der Waals surface area contributed by atoms with E-state index in [-0.39, 0.29) is 30.4 Å². The molecular formula is C32H35FN6O3. The Hall–Kier alpha value is -4.41. The quantitative estimate of drug-likeness (QED) is 0.195. The van der Waals surface area contributed by atoms with E-state index in [2.05, 4.69) is 27.2 Å². The highest BCUT2D eigenvalue weighted by Gasteiger charge is 2.26. The minimum Gasteiger partial charge on any atom is -0.381 e. The van der Waals surface area contributed by atoms with E-state index in [1.807, 2.05) is 35.0 Å². The van der Waals surface area contributed by atoms with Crippen LogP contribution in [0.4, 0.5) is 21.7 Å². The normalized spacial score (nSPS) is 16.6. The Morgan fingerprint density at radius 3 is 2.60 bits per heavy atom. The van der Waals surface area contributed by atoms with Crippen molar-refractivity contribution >= 4 is 29.3 Å². The summed E-state index contributed by atoms with van der Waals surface area (Å²) in [6, 6.07) is 13.7. The van der Waals surface area contributed by atoms with E-state index in [1.54, 1.807) is 37.7 Å². The zero-order chi connectivity index (χ0) is 29.3. The Morgan fingerprint density at radius 2 is 1.83 bits per heavy atom. The van der Waals surface area contributed by atoms with Crippen LogP contribution in [-0.2, 0) is 27.4 Å². The van der Waals surface area contributed by atoms with E-state index in [4.69, 9.17) is 14.5 Å². The molecule has 42 heavy (non-hydrogen) atoms. The van der Waals surface area contributed by atoms with Gasteiger partial charge in [-0.2, -0.15) is 0 Å². The molecule has 1 aliphatic rings. The molecule has 0 atom stereocenters. The van der Waals surface area contributed by atoms with Crippen molar-refractivity contribution in [2.24, 2.45) is 5.92 Å². The standard InChI is InChI=1S/C32H35FN6O3/c1-3-31-35-14-15-39(31)16-17-42-21-27-18-24(20-30(37-27)36-26-8-6-25(33)7-9-26)23-12-13-34-29(19-23)38-32(40)22-4-10-28(41-2)11-5-22/h3,6-9,12-15,18-20,22,28H,1,4-5,10-11,16-17,21H2,2H3,(H,36,37)(H,34,38,40)/t22-,28+. The second kappa shape index (κ2) is 14.0. The average Bonchev–Trinajstić information content (AvgIpc) is 3.48. The number of imidazole rings is 1. The van der Waals surface area contributed by atoms with Crippen molar-refractivity contribution in [1.82, 2.24) is 19.5 Å². The minimum absolute atomic E-state index is 0.0193. The topological polar surface area (TPSA) is 103 Å². The van der Waals surface area contributed by atoms with Gasteiger partial charge in [0.2, 0.25) is 5.91 Å². The van der Waals surface area contributed by atoms with Crippen LogP contribution in [-0.4, -0.2) is 45.2 Å². The third-order valence-corrected chi connectivity index (χ3v) is 7.37. The molecule has 5 rings (SSSR count). The zero-order valence-corrected chi connectivity index (χ0v) is 23.6. The molecule has 2 N–H and O–H groups in total. The number of carbonyl (C=O) groups is 1. The van der Waals surface area contributed by atoms with Crippen LogP contribution >= 0.6 is 0 Å². The smallest absolute Gasteiger partial charge is 0.228 e. The molecule has 1 fully saturated rings. The number of hydrogen-bond acceptors (Lipinski definition) is 7. The third kappa shape index (κ3) is 7.65. The lowest BCUT2D eigenvalue weighted by molar-refractivity contribution is -0.121. The fourth-order valence-corrected chi connectivity index (χ4v) is 5.08. The minimum atomic E-state index is -0.313. The van der Waals surface area contributed by atoms with Gasteiger partial charge < -0.3 is 24.7 Å². The molecule has 218 valence electrons. The van der Waals surface area contributed by atoms with Gasteiger partial charge in [0, 0.05) is 43.9 Å². The first-order valence-corrected chi connectivity index (χ1v) is 14.1. The second-order valence-electron chi connectivity index (χ2n) is 10.2. The molecule has 3 aromatic heterocycles. The van der Waals surface area contributed by atoms with Crippen LogP contribution in [0, 0.1) is 11.7 Å². The van der Waals surface area contributed by atoms with Gasteiger partial charge in [-0.15, -0.1) is 0 Å². The van der Waals surface area contributed by atoms with Crippen LogP contribution in [0.2, 0.25) is 0 Å². The molecule has 0 radical (unpaired) electrons. The Labute approximate surface area is 244 Å². The lowest BCUT2D eigenvalue weighted by Gasteiger charge is -2.26. The van der Waals surface area contributed by atoms with Gasteiger partial charge >= 0.3 is 0 Å². The number of hydrogen-bond donors (Lipinski definition) is 2. The molecule has 0 spiro atoms. The Morgan fingerprint density at radius 1 is 1.05 bits per heavy atom. The van der Waals surface area contributed by atoms with E-state index >= 15 is 0 Å². The molecule has 0 saturated heterocycles. The Bertz CT molecular complexity index is 1500. The van der Waals surface area contributed by atoms with Gasteiger partial charge in [0.05, 0.1) is 25.0 Å². The summed E-state index contributed by atoms with van der Waals surface area (Å²) >= 11 is 0. The predicted octanol–water partition coefficient (Wildman–Crippen LogP) is 6.23. The summed E-state index contributed by atoms with van der Waals surface area (Å²) in [7, 11) is 1.72. The van der Waals surface area contributed by atoms with Crippen molar-refractivity contribution in [3.63, 3.8) is 0 Å². The first-order valence-electron chi connectivity index (χ1n) is 14.1. The van der Waals surface area contributed by atoms with Gasteiger partial charge in [0.25, 0.3) is 0 Å². The first kappa shape index (κ1) is 29.1. The maximum Gasteiger partial charge on any atom is 0.228 e. The maximum atomic E-state index is 13.5. The summed E-state index contributed by atoms with van der Waals surface area (Å²) in [5, 5.41) is 6.25. The average molecular weight is 571 g/mol. The summed E-state index contributed by atoms with van der Waals surface area (Å²) in [5.41, 5.74) is 3.15. The SMILES string of the molecule is C=Cc1nccn1CCOCc1cc(-c2ccnc(NC(=O)[C@H]3CC[C@@H](OC)CC3)c2)cc(Nc2ccc(F)cc2)n1. The molecule has 1 amide bonds. The number of aromatic nitrogens is 4. The number of amides is 1. The monoisotopic (exact) mass is 570 g/mol. The van der Waals surface area contributed by atoms with Gasteiger partial charge in [-0.3, -0.25) is 4.79 Å². The van der Waals surface area contributed by atoms with Gasteiger partial charge in [-0.25, -0.2) is 19.3 Å². The Balaban J connectivity index is 1.31. The van der Waals surface area contributed by atoms with Crippen LogP contribution in [0.15, 0.2) is 73.7 Å². The van der Waals surface area contributed by atoms with Crippen LogP contribution < -0.4 is 10.6 Å². The number of methoxy groups -OCH3 is 1. The number of halogens is 1. The number of pyridine rings is 2. The summed E-state index contributed by atoms with van der Waals surface area (Å²) in [6.45, 7) is 5.15. The summed E-state index contributed by atoms with van der Waals surface area (Å²) in [4.78, 5) is 26.3. The second-order valence-corrected chi connectivity index (χ2v) is 10.2. The third-order valence-electron chi connectivity index (χ3n) is 7.37. The van der Waals surface area contributed by atoms with Crippen molar-refractivity contribution in [2.45, 2.75) is 44.9 Å². The van der Waals surface area contributed by atoms with Gasteiger partial charge in [-0.1, -0.05) is 6.58 Å². The molecule has 0 bridgehead atoms. The number of benzene rings is 1. The predicted molar refractivity (Wildman–Crippen MR) is 161 cm³/mol. The van der Waals surface area contributed by atoms with E-state index in [1.165, 1.54) is 12.1 Å². The van der Waals surface area contributed by atoms with Crippen molar-refractivity contribution in [3.05, 3.63) is 91.0 Å². The molecule has 9 nitrogen and oxygen atoms in total. The highest BCUT2D eigenvalue weighted by Crippen LogP contribution is 2.29. The van der Waals surface area contributed by atoms with Crippen molar-refractivity contribution in [2.75, 3.05) is 24.4 Å². The Kier molecular flexibility index (Phi) is 9.68. The zero-order valence-electron chi connectivity index (χ0n) is 23.6. The van der Waals surface area contributed by atoms with Crippen LogP contribution in [0.3, 0.4) is 0 Å². The molecule has 0 unspecified atom stereocenters. The molecular weight excluding hydrogens is 535 g/mol. The molecule has 1 aliphatic carbocycles. The van der Waals surface area contributed by atoms with Gasteiger partial charge in [-0.05, 0) is 91.4 Å². The van der Waals surface area contributed by atoms with Crippen molar-refractivity contribution in [3.8, 4) is 11.1 Å². The lowest BCUT2D eigenvalue weighted by Crippen LogP contribution is -2.29. The lowest BCUT2D eigenvalue weighted by atomic mass is 9.87. The van der Waals surface area contributed by atoms with Crippen molar-refractivity contribution in [1.29, 1.82) is 0 Å². The number of carbonyl (C=O) groups excluding carboxylic acids is 1. The van der Waals surface area contributed by atoms with E-state index in [0.717, 1.165) is 42.6 Å². The number of ether oxygens (including phenoxy) is 2. The first-order chi connectivity index (χ1) is 20.5. The highest BCUT2D eigenvalue weighted by atomic mass is 19.1. The number of nitrogens with zero attached hydrogens (tertiary/aromatic N) is 4. The van der Waals surface area contributed by atoms with Crippen LogP contribution in [0.25, 0.3) is 17.2 Å². The summed E-state index contributed by atoms with van der Waals surface area (Å²) < 4.78 is 26.8. The molecule has 4 aromatic rings. The van der Waals surface area contributed by atoms with Crippen LogP contribution in [0.1, 0.15) is 37.2 Å². The number of anilines is 3. The largest absolute Gasteiger partial charge is 0.381 e. The van der Waals surface area contributed by atoms with Gasteiger partial charge in [0.1, 0.15) is 23.3 Å².